The lowest BCUT2D eigenvalue weighted by atomic mass is 10.1. The number of benzene rings is 2. The predicted molar refractivity (Wildman–Crippen MR) is 95.2 cm³/mol. The summed E-state index contributed by atoms with van der Waals surface area (Å²) in [6.07, 6.45) is 1.61. The average molecular weight is 366 g/mol. The number of anilines is 1. The predicted octanol–water partition coefficient (Wildman–Crippen LogP) is 4.25. The van der Waals surface area contributed by atoms with Crippen LogP contribution in [0, 0.1) is 5.82 Å². The Labute approximate surface area is 151 Å². The number of carbonyl (C=O) groups excluding carboxylic acids is 1. The highest BCUT2D eigenvalue weighted by Gasteiger charge is 2.18. The smallest absolute Gasteiger partial charge is 0.259 e. The second-order valence-corrected chi connectivity index (χ2v) is 6.16. The fraction of sp³-hybridized carbons (Fsp3) is 0. The van der Waals surface area contributed by atoms with E-state index >= 15 is 0 Å². The Morgan fingerprint density at radius 2 is 1.92 bits per heavy atom. The number of halogens is 1. The molecule has 0 fully saturated rings. The first-order chi connectivity index (χ1) is 12.7. The van der Waals surface area contributed by atoms with E-state index in [2.05, 4.69) is 20.4 Å². The van der Waals surface area contributed by atoms with Crippen LogP contribution in [0.25, 0.3) is 22.8 Å². The first-order valence-corrected chi connectivity index (χ1v) is 8.48. The highest BCUT2D eigenvalue weighted by molar-refractivity contribution is 7.13. The summed E-state index contributed by atoms with van der Waals surface area (Å²) in [5, 5.41) is 8.92. The topological polar surface area (TPSA) is 80.9 Å². The molecule has 0 unspecified atom stereocenters. The number of carbonyl (C=O) groups is 1. The van der Waals surface area contributed by atoms with E-state index in [1.807, 2.05) is 0 Å². The van der Waals surface area contributed by atoms with Gasteiger partial charge >= 0.3 is 0 Å². The highest BCUT2D eigenvalue weighted by atomic mass is 32.1. The second-order valence-electron chi connectivity index (χ2n) is 5.27. The molecule has 0 radical (unpaired) electrons. The molecule has 26 heavy (non-hydrogen) atoms. The van der Waals surface area contributed by atoms with Gasteiger partial charge in [0.15, 0.2) is 5.13 Å². The first-order valence-electron chi connectivity index (χ1n) is 7.60. The van der Waals surface area contributed by atoms with Gasteiger partial charge < -0.3 is 4.52 Å². The third-order valence-corrected chi connectivity index (χ3v) is 4.27. The third kappa shape index (κ3) is 3.22. The number of hydrogen-bond acceptors (Lipinski definition) is 6. The normalized spacial score (nSPS) is 10.7. The lowest BCUT2D eigenvalue weighted by molar-refractivity contribution is 0.102. The summed E-state index contributed by atoms with van der Waals surface area (Å²) < 4.78 is 18.4. The van der Waals surface area contributed by atoms with Crippen LogP contribution in [0.2, 0.25) is 0 Å². The van der Waals surface area contributed by atoms with E-state index in [1.54, 1.807) is 48.0 Å². The molecule has 0 atom stereocenters. The van der Waals surface area contributed by atoms with Crippen LogP contribution >= 0.6 is 11.3 Å². The van der Waals surface area contributed by atoms with E-state index in [4.69, 9.17) is 4.52 Å². The van der Waals surface area contributed by atoms with Crippen molar-refractivity contribution in [2.24, 2.45) is 0 Å². The van der Waals surface area contributed by atoms with Gasteiger partial charge in [0.2, 0.25) is 5.82 Å². The molecule has 0 aliphatic carbocycles. The summed E-state index contributed by atoms with van der Waals surface area (Å²) in [5.41, 5.74) is 1.51. The molecule has 0 bridgehead atoms. The monoisotopic (exact) mass is 366 g/mol. The molecule has 1 N–H and O–H groups in total. The van der Waals surface area contributed by atoms with Crippen molar-refractivity contribution in [3.8, 4) is 22.8 Å². The minimum atomic E-state index is -0.346. The molecule has 8 heteroatoms. The molecule has 1 amide bonds. The van der Waals surface area contributed by atoms with Gasteiger partial charge in [0.1, 0.15) is 5.82 Å². The van der Waals surface area contributed by atoms with Crippen LogP contribution in [0.4, 0.5) is 9.52 Å². The van der Waals surface area contributed by atoms with Gasteiger partial charge in [-0.2, -0.15) is 4.98 Å². The molecule has 2 aromatic heterocycles. The minimum Gasteiger partial charge on any atom is -0.334 e. The maximum absolute atomic E-state index is 13.1. The van der Waals surface area contributed by atoms with Crippen molar-refractivity contribution in [3.63, 3.8) is 0 Å². The van der Waals surface area contributed by atoms with Crippen molar-refractivity contribution in [1.82, 2.24) is 15.1 Å². The molecule has 0 saturated heterocycles. The highest BCUT2D eigenvalue weighted by Crippen LogP contribution is 2.26. The number of thiazole rings is 1. The summed E-state index contributed by atoms with van der Waals surface area (Å²) in [6, 6.07) is 12.7. The Morgan fingerprint density at radius 3 is 2.69 bits per heavy atom. The summed E-state index contributed by atoms with van der Waals surface area (Å²) in [4.78, 5) is 20.9. The van der Waals surface area contributed by atoms with Crippen LogP contribution in [0.15, 0.2) is 64.6 Å². The third-order valence-electron chi connectivity index (χ3n) is 3.58. The minimum absolute atomic E-state index is 0.203. The molecule has 0 spiro atoms. The number of amides is 1. The van der Waals surface area contributed by atoms with Crippen molar-refractivity contribution in [1.29, 1.82) is 0 Å². The molecule has 4 aromatic rings. The van der Waals surface area contributed by atoms with Gasteiger partial charge in [-0.15, -0.1) is 11.3 Å². The Bertz CT molecular complexity index is 1050. The maximum Gasteiger partial charge on any atom is 0.259 e. The molecule has 2 heterocycles. The maximum atomic E-state index is 13.1. The van der Waals surface area contributed by atoms with Gasteiger partial charge in [0, 0.05) is 17.1 Å². The zero-order valence-electron chi connectivity index (χ0n) is 13.2. The van der Waals surface area contributed by atoms with Crippen LogP contribution in [-0.4, -0.2) is 21.0 Å². The van der Waals surface area contributed by atoms with Gasteiger partial charge in [-0.1, -0.05) is 17.3 Å². The summed E-state index contributed by atoms with van der Waals surface area (Å²) in [6.45, 7) is 0. The Hall–Kier alpha value is -3.39. The van der Waals surface area contributed by atoms with E-state index in [0.717, 1.165) is 0 Å². The standard InChI is InChI=1S/C18H11FN4O2S/c19-12-7-5-11(6-8-12)15-21-17(25-23-15)14-4-2-1-3-13(14)16(24)22-18-20-9-10-26-18/h1-10H,(H,20,22,24). The fourth-order valence-electron chi connectivity index (χ4n) is 2.37. The van der Waals surface area contributed by atoms with Crippen LogP contribution in [0.1, 0.15) is 10.4 Å². The van der Waals surface area contributed by atoms with E-state index in [-0.39, 0.29) is 17.6 Å². The van der Waals surface area contributed by atoms with Gasteiger partial charge in [0.05, 0.1) is 11.1 Å². The van der Waals surface area contributed by atoms with Crippen molar-refractivity contribution in [2.75, 3.05) is 5.32 Å². The number of hydrogen-bond donors (Lipinski definition) is 1. The van der Waals surface area contributed by atoms with E-state index < -0.39 is 0 Å². The zero-order valence-corrected chi connectivity index (χ0v) is 14.0. The number of nitrogens with one attached hydrogen (secondary N) is 1. The largest absolute Gasteiger partial charge is 0.334 e. The summed E-state index contributed by atoms with van der Waals surface area (Å²) in [7, 11) is 0. The quantitative estimate of drug-likeness (QED) is 0.584. The molecule has 6 nitrogen and oxygen atoms in total. The molecular formula is C18H11FN4O2S. The molecule has 0 saturated carbocycles. The van der Waals surface area contributed by atoms with Crippen LogP contribution in [-0.2, 0) is 0 Å². The second kappa shape index (κ2) is 6.85. The number of aromatic nitrogens is 3. The Kier molecular flexibility index (Phi) is 4.24. The average Bonchev–Trinajstić information content (AvgIpc) is 3.34. The molecule has 4 rings (SSSR count). The molecule has 0 aliphatic rings. The van der Waals surface area contributed by atoms with Crippen molar-refractivity contribution in [2.45, 2.75) is 0 Å². The lowest BCUT2D eigenvalue weighted by Crippen LogP contribution is -2.12. The first kappa shape index (κ1) is 16.1. The number of rotatable bonds is 4. The fourth-order valence-corrected chi connectivity index (χ4v) is 2.89. The Balaban J connectivity index is 1.66. The van der Waals surface area contributed by atoms with Crippen LogP contribution in [0.5, 0.6) is 0 Å². The van der Waals surface area contributed by atoms with Crippen molar-refractivity contribution < 1.29 is 13.7 Å². The van der Waals surface area contributed by atoms with Gasteiger partial charge in [-0.05, 0) is 36.4 Å². The molecule has 0 aliphatic heterocycles. The molecule has 2 aromatic carbocycles. The van der Waals surface area contributed by atoms with Crippen LogP contribution in [0.3, 0.4) is 0 Å². The van der Waals surface area contributed by atoms with E-state index in [1.165, 1.54) is 23.5 Å². The van der Waals surface area contributed by atoms with Gasteiger partial charge in [-0.25, -0.2) is 9.37 Å². The van der Waals surface area contributed by atoms with E-state index in [9.17, 15) is 9.18 Å². The van der Waals surface area contributed by atoms with Crippen LogP contribution < -0.4 is 5.32 Å². The molecular weight excluding hydrogens is 355 g/mol. The molecule has 128 valence electrons. The summed E-state index contributed by atoms with van der Waals surface area (Å²) >= 11 is 1.33. The zero-order chi connectivity index (χ0) is 17.9. The van der Waals surface area contributed by atoms with Crippen molar-refractivity contribution >= 4 is 22.4 Å². The van der Waals surface area contributed by atoms with Crippen molar-refractivity contribution in [3.05, 3.63) is 71.5 Å². The SMILES string of the molecule is O=C(Nc1nccs1)c1ccccc1-c1nc(-c2ccc(F)cc2)no1. The summed E-state index contributed by atoms with van der Waals surface area (Å²) in [5.74, 6) is -0.150. The van der Waals surface area contributed by atoms with Gasteiger partial charge in [-0.3, -0.25) is 10.1 Å². The Morgan fingerprint density at radius 1 is 1.12 bits per heavy atom. The van der Waals surface area contributed by atoms with Gasteiger partial charge in [0.25, 0.3) is 11.8 Å². The number of nitrogens with zero attached hydrogens (tertiary/aromatic N) is 3. The van der Waals surface area contributed by atoms with E-state index in [0.29, 0.717) is 27.6 Å². The lowest BCUT2D eigenvalue weighted by Gasteiger charge is -2.05.